The molecular weight excluding hydrogens is 506 g/mol. The van der Waals surface area contributed by atoms with Crippen molar-refractivity contribution in [2.45, 2.75) is 78.4 Å². The highest BCUT2D eigenvalue weighted by molar-refractivity contribution is 5.75. The smallest absolute Gasteiger partial charge is 0.407 e. The van der Waals surface area contributed by atoms with Crippen molar-refractivity contribution >= 4 is 12.1 Å². The predicted octanol–water partition coefficient (Wildman–Crippen LogP) is 2.89. The normalized spacial score (nSPS) is 12.3. The molecule has 13 heteroatoms. The van der Waals surface area contributed by atoms with Crippen molar-refractivity contribution in [1.82, 2.24) is 14.9 Å². The number of aryl methyl sites for hydroxylation is 1. The van der Waals surface area contributed by atoms with Gasteiger partial charge in [-0.25, -0.2) is 15.5 Å². The number of nitrogens with zero attached hydrogens (tertiary/aromatic N) is 4. The number of ether oxygens (including phenoxy) is 3. The molecule has 1 atom stereocenters. The zero-order valence-electron chi connectivity index (χ0n) is 23.6. The van der Waals surface area contributed by atoms with Gasteiger partial charge in [-0.1, -0.05) is 12.1 Å². The fraction of sp³-hybridized carbons (Fsp3) is 0.577. The first-order valence-corrected chi connectivity index (χ1v) is 12.7. The number of amides is 1. The van der Waals surface area contributed by atoms with E-state index in [0.717, 1.165) is 11.1 Å². The van der Waals surface area contributed by atoms with Gasteiger partial charge in [-0.2, -0.15) is 4.68 Å². The van der Waals surface area contributed by atoms with Crippen LogP contribution in [0.4, 0.5) is 4.79 Å². The predicted molar refractivity (Wildman–Crippen MR) is 141 cm³/mol. The molecule has 0 spiro atoms. The summed E-state index contributed by atoms with van der Waals surface area (Å²) >= 11 is 0. The number of hydrogen-bond acceptors (Lipinski definition) is 9. The van der Waals surface area contributed by atoms with E-state index in [-0.39, 0.29) is 6.61 Å². The Morgan fingerprint density at radius 2 is 1.77 bits per heavy atom. The minimum atomic E-state index is -1.05. The van der Waals surface area contributed by atoms with E-state index >= 15 is 0 Å². The molecule has 0 saturated carbocycles. The molecule has 0 aliphatic carbocycles. The third-order valence-corrected chi connectivity index (χ3v) is 5.06. The summed E-state index contributed by atoms with van der Waals surface area (Å²) in [6, 6.07) is 7.38. The van der Waals surface area contributed by atoms with Crippen LogP contribution in [0.1, 0.15) is 48.0 Å². The number of esters is 1. The quantitative estimate of drug-likeness (QED) is 0.0865. The number of rotatable bonds is 13. The van der Waals surface area contributed by atoms with Gasteiger partial charge in [0.15, 0.2) is 6.54 Å². The van der Waals surface area contributed by atoms with Crippen molar-refractivity contribution in [2.24, 2.45) is 11.0 Å². The van der Waals surface area contributed by atoms with Crippen molar-refractivity contribution in [3.8, 4) is 16.9 Å². The first kappa shape index (κ1) is 31.4. The van der Waals surface area contributed by atoms with E-state index < -0.39 is 29.4 Å². The highest BCUT2D eigenvalue weighted by Crippen LogP contribution is 2.22. The van der Waals surface area contributed by atoms with Crippen LogP contribution in [0.3, 0.4) is 0 Å². The number of alkyl carbamates (subject to hydrolysis) is 1. The van der Waals surface area contributed by atoms with Crippen molar-refractivity contribution in [2.75, 3.05) is 19.7 Å². The summed E-state index contributed by atoms with van der Waals surface area (Å²) in [5, 5.41) is 6.51. The molecule has 13 nitrogen and oxygen atoms in total. The summed E-state index contributed by atoms with van der Waals surface area (Å²) in [4.78, 5) is 31.9. The molecule has 1 heterocycles. The number of carbonyl (C=O) groups is 2. The molecule has 2 rings (SSSR count). The van der Waals surface area contributed by atoms with Crippen LogP contribution < -0.4 is 25.5 Å². The lowest BCUT2D eigenvalue weighted by molar-refractivity contribution is -0.775. The van der Waals surface area contributed by atoms with E-state index in [0.29, 0.717) is 38.3 Å². The topological polar surface area (TPSA) is 168 Å². The fourth-order valence-electron chi connectivity index (χ4n) is 3.43. The van der Waals surface area contributed by atoms with E-state index in [1.54, 1.807) is 32.9 Å². The number of aromatic nitrogens is 2. The van der Waals surface area contributed by atoms with Crippen LogP contribution in [0.5, 0.6) is 5.75 Å². The van der Waals surface area contributed by atoms with Crippen molar-refractivity contribution in [1.29, 1.82) is 5.53 Å². The highest BCUT2D eigenvalue weighted by atomic mass is 16.7. The van der Waals surface area contributed by atoms with E-state index in [1.807, 2.05) is 54.7 Å². The van der Waals surface area contributed by atoms with Crippen LogP contribution in [-0.2, 0) is 32.2 Å². The maximum absolute atomic E-state index is 12.2. The van der Waals surface area contributed by atoms with Gasteiger partial charge in [0.1, 0.15) is 47.3 Å². The van der Waals surface area contributed by atoms with Crippen LogP contribution in [-0.4, -0.2) is 53.7 Å². The van der Waals surface area contributed by atoms with E-state index in [9.17, 15) is 9.59 Å². The molecular formula is C26H41N7O6+2. The van der Waals surface area contributed by atoms with Gasteiger partial charge in [0.05, 0.1) is 11.8 Å². The standard InChI is InChI=1S/C26H40N7O6/c1-25(2,3)37-23(34)22(39-28)18-36-21-10-8-19(9-11-21)20-16-32(33(17-20)15-13-30-31-27)14-7-12-29-24(35)38-26(4,5)6/h8-11,16-17,22,27H,7,12-15,18,28H2,1-6H3/q+1/p+1. The number of carbonyl (C=O) groups excluding carboxylic acids is 2. The largest absolute Gasteiger partial charge is 0.490 e. The van der Waals surface area contributed by atoms with Gasteiger partial charge in [0.25, 0.3) is 0 Å². The Morgan fingerprint density at radius 1 is 1.10 bits per heavy atom. The zero-order valence-corrected chi connectivity index (χ0v) is 23.6. The molecule has 0 saturated heterocycles. The average Bonchev–Trinajstić information content (AvgIpc) is 3.23. The Balaban J connectivity index is 2.03. The number of benzene rings is 1. The van der Waals surface area contributed by atoms with Gasteiger partial charge in [0, 0.05) is 13.0 Å². The molecule has 4 N–H and O–H groups in total. The third-order valence-electron chi connectivity index (χ3n) is 5.06. The van der Waals surface area contributed by atoms with Gasteiger partial charge in [-0.05, 0) is 59.2 Å². The molecule has 0 aliphatic heterocycles. The third kappa shape index (κ3) is 11.6. The van der Waals surface area contributed by atoms with Crippen LogP contribution >= 0.6 is 0 Å². The second kappa shape index (κ2) is 14.4. The molecule has 1 unspecified atom stereocenters. The van der Waals surface area contributed by atoms with Crippen molar-refractivity contribution in [3.05, 3.63) is 36.7 Å². The van der Waals surface area contributed by atoms with Gasteiger partial charge < -0.3 is 19.5 Å². The molecule has 1 amide bonds. The summed E-state index contributed by atoms with van der Waals surface area (Å²) < 4.78 is 20.3. The maximum atomic E-state index is 12.2. The number of nitrogens with one attached hydrogen (secondary N) is 2. The molecule has 214 valence electrons. The Kier molecular flexibility index (Phi) is 11.6. The second-order valence-corrected chi connectivity index (χ2v) is 10.8. The molecule has 0 fully saturated rings. The minimum Gasteiger partial charge on any atom is -0.490 e. The summed E-state index contributed by atoms with van der Waals surface area (Å²) in [7, 11) is 0. The van der Waals surface area contributed by atoms with Crippen molar-refractivity contribution < 1.29 is 33.3 Å². The highest BCUT2D eigenvalue weighted by Gasteiger charge is 2.26. The summed E-state index contributed by atoms with van der Waals surface area (Å²) in [6.45, 7) is 12.6. The summed E-state index contributed by atoms with van der Waals surface area (Å²) in [5.74, 6) is 5.21. The molecule has 0 radical (unpaired) electrons. The SMILES string of the molecule is CC(C)(C)OC(=O)NCCC[n+]1cc(-c2ccc(OCC(ON)C(=O)OC(C)(C)C)cc2)cn1CCN=[N+]=N. The fourth-order valence-corrected chi connectivity index (χ4v) is 3.43. The van der Waals surface area contributed by atoms with E-state index in [2.05, 4.69) is 15.3 Å². The van der Waals surface area contributed by atoms with Crippen LogP contribution in [0, 0.1) is 5.53 Å². The maximum Gasteiger partial charge on any atom is 0.407 e. The lowest BCUT2D eigenvalue weighted by Gasteiger charge is -2.22. The summed E-state index contributed by atoms with van der Waals surface area (Å²) in [6.07, 6.45) is 3.17. The second-order valence-electron chi connectivity index (χ2n) is 10.8. The van der Waals surface area contributed by atoms with E-state index in [1.165, 1.54) is 0 Å². The number of hydrogen-bond donors (Lipinski definition) is 3. The first-order chi connectivity index (χ1) is 18.3. The minimum absolute atomic E-state index is 0.0942. The Bertz CT molecular complexity index is 1130. The van der Waals surface area contributed by atoms with Crippen LogP contribution in [0.2, 0.25) is 0 Å². The van der Waals surface area contributed by atoms with Gasteiger partial charge in [-0.3, -0.25) is 4.84 Å². The summed E-state index contributed by atoms with van der Waals surface area (Å²) in [5.41, 5.74) is 7.59. The Morgan fingerprint density at radius 3 is 2.36 bits per heavy atom. The van der Waals surface area contributed by atoms with E-state index in [4.69, 9.17) is 30.5 Å². The average molecular weight is 548 g/mol. The first-order valence-electron chi connectivity index (χ1n) is 12.7. The molecule has 1 aromatic carbocycles. The van der Waals surface area contributed by atoms with Gasteiger partial charge in [0.2, 0.25) is 17.2 Å². The molecule has 2 aromatic rings. The Hall–Kier alpha value is -3.80. The zero-order chi connectivity index (χ0) is 29.1. The monoisotopic (exact) mass is 547 g/mol. The molecule has 0 aliphatic rings. The molecule has 39 heavy (non-hydrogen) atoms. The lowest BCUT2D eigenvalue weighted by Crippen LogP contribution is -2.44. The lowest BCUT2D eigenvalue weighted by atomic mass is 10.1. The molecule has 0 bridgehead atoms. The van der Waals surface area contributed by atoms with Crippen LogP contribution in [0.25, 0.3) is 11.1 Å². The Labute approximate surface area is 228 Å². The molecule has 1 aromatic heterocycles. The number of nitrogens with two attached hydrogens (primary N) is 1. The van der Waals surface area contributed by atoms with Crippen molar-refractivity contribution in [3.63, 3.8) is 0 Å². The van der Waals surface area contributed by atoms with Crippen LogP contribution in [0.15, 0.2) is 41.8 Å². The van der Waals surface area contributed by atoms with Gasteiger partial charge >= 0.3 is 12.1 Å². The van der Waals surface area contributed by atoms with Gasteiger partial charge in [-0.15, -0.1) is 4.68 Å².